The standard InChI is InChI=1S/C31H37FN10/c1-39-13-15-41(16-14-39)21-8-10-22(11-9-21)42-31-28(30(33)35-19-36-31)29(38-42)20-7-12-24(23(32)17-20)34-18-27-37-25-5-3-4-6-26(25)40(27)2/h3-7,12,17,19,21-22,34H,8-11,13-16,18H2,1-2H3,(H2,33,35,36). The van der Waals surface area contributed by atoms with E-state index in [9.17, 15) is 0 Å². The molecule has 3 aromatic heterocycles. The summed E-state index contributed by atoms with van der Waals surface area (Å²) in [7, 11) is 4.17. The first-order valence-electron chi connectivity index (χ1n) is 14.8. The fourth-order valence-electron chi connectivity index (χ4n) is 6.64. The first kappa shape index (κ1) is 26.8. The zero-order valence-corrected chi connectivity index (χ0v) is 24.2. The minimum absolute atomic E-state index is 0.221. The monoisotopic (exact) mass is 568 g/mol. The topological polar surface area (TPSA) is 106 Å². The van der Waals surface area contributed by atoms with Gasteiger partial charge in [0.25, 0.3) is 0 Å². The molecule has 4 heterocycles. The average Bonchev–Trinajstić information content (AvgIpc) is 3.56. The minimum Gasteiger partial charge on any atom is -0.383 e. The molecule has 0 spiro atoms. The molecule has 10 nitrogen and oxygen atoms in total. The van der Waals surface area contributed by atoms with Crippen LogP contribution in [0.4, 0.5) is 15.9 Å². The Morgan fingerprint density at radius 1 is 0.952 bits per heavy atom. The molecule has 0 atom stereocenters. The van der Waals surface area contributed by atoms with Crippen molar-refractivity contribution in [3.63, 3.8) is 0 Å². The van der Waals surface area contributed by atoms with Crippen molar-refractivity contribution in [2.75, 3.05) is 44.3 Å². The number of benzene rings is 2. The van der Waals surface area contributed by atoms with Gasteiger partial charge in [0.2, 0.25) is 0 Å². The number of aromatic nitrogens is 6. The van der Waals surface area contributed by atoms with Crippen LogP contribution in [-0.2, 0) is 13.6 Å². The average molecular weight is 569 g/mol. The summed E-state index contributed by atoms with van der Waals surface area (Å²) < 4.78 is 19.5. The fraction of sp³-hybridized carbons (Fsp3) is 0.419. The van der Waals surface area contributed by atoms with Gasteiger partial charge in [-0.3, -0.25) is 4.90 Å². The molecule has 3 N–H and O–H groups in total. The number of nitrogens with zero attached hydrogens (tertiary/aromatic N) is 8. The second kappa shape index (κ2) is 11.0. The van der Waals surface area contributed by atoms with Crippen molar-refractivity contribution in [3.8, 4) is 11.3 Å². The minimum atomic E-state index is -0.364. The predicted octanol–water partition coefficient (Wildman–Crippen LogP) is 4.44. The Kier molecular flexibility index (Phi) is 6.99. The molecule has 1 aliphatic heterocycles. The summed E-state index contributed by atoms with van der Waals surface area (Å²) >= 11 is 0. The van der Waals surface area contributed by atoms with Crippen molar-refractivity contribution in [2.45, 2.75) is 44.3 Å². The first-order chi connectivity index (χ1) is 20.5. The molecule has 1 aliphatic carbocycles. The summed E-state index contributed by atoms with van der Waals surface area (Å²) in [5, 5.41) is 8.89. The van der Waals surface area contributed by atoms with Crippen LogP contribution in [-0.4, -0.2) is 78.4 Å². The van der Waals surface area contributed by atoms with Gasteiger partial charge in [-0.1, -0.05) is 18.2 Å². The number of anilines is 2. The molecule has 42 heavy (non-hydrogen) atoms. The van der Waals surface area contributed by atoms with E-state index in [1.165, 1.54) is 12.4 Å². The summed E-state index contributed by atoms with van der Waals surface area (Å²) in [5.41, 5.74) is 10.7. The third kappa shape index (κ3) is 4.86. The van der Waals surface area contributed by atoms with E-state index in [-0.39, 0.29) is 11.9 Å². The van der Waals surface area contributed by atoms with E-state index in [0.717, 1.165) is 68.7 Å². The number of nitrogens with two attached hydrogens (primary N) is 1. The van der Waals surface area contributed by atoms with Crippen LogP contribution in [0.2, 0.25) is 0 Å². The number of nitrogens with one attached hydrogen (secondary N) is 1. The van der Waals surface area contributed by atoms with E-state index >= 15 is 4.39 Å². The normalized spacial score (nSPS) is 20.5. The lowest BCUT2D eigenvalue weighted by Gasteiger charge is -2.41. The molecule has 0 unspecified atom stereocenters. The van der Waals surface area contributed by atoms with Crippen LogP contribution >= 0.6 is 0 Å². The van der Waals surface area contributed by atoms with Crippen LogP contribution in [0, 0.1) is 5.82 Å². The van der Waals surface area contributed by atoms with Crippen LogP contribution in [0.15, 0.2) is 48.8 Å². The van der Waals surface area contributed by atoms with Crippen molar-refractivity contribution in [3.05, 3.63) is 60.4 Å². The molecule has 218 valence electrons. The Bertz CT molecular complexity index is 1730. The maximum absolute atomic E-state index is 15.5. The van der Waals surface area contributed by atoms with Crippen LogP contribution in [0.5, 0.6) is 0 Å². The molecule has 7 rings (SSSR count). The third-order valence-corrected chi connectivity index (χ3v) is 9.14. The Morgan fingerprint density at radius 2 is 1.71 bits per heavy atom. The van der Waals surface area contributed by atoms with E-state index in [4.69, 9.17) is 10.8 Å². The van der Waals surface area contributed by atoms with Crippen molar-refractivity contribution in [2.24, 2.45) is 7.05 Å². The molecule has 11 heteroatoms. The third-order valence-electron chi connectivity index (χ3n) is 9.14. The van der Waals surface area contributed by atoms with Gasteiger partial charge in [-0.25, -0.2) is 24.0 Å². The molecule has 2 aromatic carbocycles. The van der Waals surface area contributed by atoms with Gasteiger partial charge in [0.15, 0.2) is 5.65 Å². The lowest BCUT2D eigenvalue weighted by Crippen LogP contribution is -2.49. The van der Waals surface area contributed by atoms with Gasteiger partial charge in [0.05, 0.1) is 34.7 Å². The highest BCUT2D eigenvalue weighted by atomic mass is 19.1. The summed E-state index contributed by atoms with van der Waals surface area (Å²) in [6.07, 6.45) is 5.80. The Morgan fingerprint density at radius 3 is 2.48 bits per heavy atom. The summed E-state index contributed by atoms with van der Waals surface area (Å²) in [6.45, 7) is 4.94. The predicted molar refractivity (Wildman–Crippen MR) is 164 cm³/mol. The van der Waals surface area contributed by atoms with E-state index < -0.39 is 0 Å². The Hall–Kier alpha value is -4.09. The lowest BCUT2D eigenvalue weighted by atomic mass is 9.90. The maximum Gasteiger partial charge on any atom is 0.164 e. The van der Waals surface area contributed by atoms with E-state index in [0.29, 0.717) is 46.4 Å². The number of imidazole rings is 1. The number of nitrogen functional groups attached to an aromatic ring is 1. The molecule has 0 bridgehead atoms. The van der Waals surface area contributed by atoms with Gasteiger partial charge in [-0.2, -0.15) is 5.10 Å². The van der Waals surface area contributed by atoms with Gasteiger partial charge in [0, 0.05) is 44.8 Å². The first-order valence-corrected chi connectivity index (χ1v) is 14.8. The number of likely N-dealkylation sites (N-methyl/N-ethyl adjacent to an activating group) is 1. The number of piperazine rings is 1. The van der Waals surface area contributed by atoms with Crippen LogP contribution < -0.4 is 11.1 Å². The molecule has 1 saturated carbocycles. The largest absolute Gasteiger partial charge is 0.383 e. The molecule has 0 amide bonds. The second-order valence-electron chi connectivity index (χ2n) is 11.7. The number of fused-ring (bicyclic) bond motifs is 2. The molecule has 0 radical (unpaired) electrons. The molecule has 2 fully saturated rings. The number of rotatable bonds is 6. The highest BCUT2D eigenvalue weighted by Crippen LogP contribution is 2.37. The Labute approximate surface area is 244 Å². The van der Waals surface area contributed by atoms with E-state index in [1.54, 1.807) is 6.07 Å². The zero-order valence-electron chi connectivity index (χ0n) is 24.2. The van der Waals surface area contributed by atoms with Crippen molar-refractivity contribution >= 4 is 33.6 Å². The van der Waals surface area contributed by atoms with E-state index in [1.807, 2.05) is 46.6 Å². The molecule has 2 aliphatic rings. The number of para-hydroxylation sites is 2. The SMILES string of the molecule is CN1CCN(C2CCC(n3nc(-c4ccc(NCc5nc6ccccc6n5C)c(F)c4)c4c(N)ncnc43)CC2)CC1. The molecule has 5 aromatic rings. The summed E-state index contributed by atoms with van der Waals surface area (Å²) in [5.74, 6) is 0.825. The highest BCUT2D eigenvalue weighted by Gasteiger charge is 2.30. The maximum atomic E-state index is 15.5. The number of hydrogen-bond donors (Lipinski definition) is 2. The van der Waals surface area contributed by atoms with Gasteiger partial charge in [0.1, 0.15) is 29.5 Å². The Balaban J connectivity index is 1.12. The van der Waals surface area contributed by atoms with Gasteiger partial charge >= 0.3 is 0 Å². The van der Waals surface area contributed by atoms with Crippen molar-refractivity contribution in [1.82, 2.24) is 39.1 Å². The van der Waals surface area contributed by atoms with Crippen molar-refractivity contribution < 1.29 is 4.39 Å². The molecular weight excluding hydrogens is 531 g/mol. The number of halogens is 1. The number of aryl methyl sites for hydroxylation is 1. The zero-order chi connectivity index (χ0) is 28.8. The molecule has 1 saturated heterocycles. The number of hydrogen-bond acceptors (Lipinski definition) is 8. The smallest absolute Gasteiger partial charge is 0.164 e. The van der Waals surface area contributed by atoms with E-state index in [2.05, 4.69) is 37.1 Å². The van der Waals surface area contributed by atoms with Gasteiger partial charge in [-0.05, 0) is 57.0 Å². The van der Waals surface area contributed by atoms with Gasteiger partial charge < -0.3 is 20.5 Å². The molecular formula is C31H37FN10. The quantitative estimate of drug-likeness (QED) is 0.310. The van der Waals surface area contributed by atoms with Gasteiger partial charge in [-0.15, -0.1) is 0 Å². The summed E-state index contributed by atoms with van der Waals surface area (Å²) in [4.78, 5) is 18.6. The second-order valence-corrected chi connectivity index (χ2v) is 11.7. The highest BCUT2D eigenvalue weighted by molar-refractivity contribution is 5.98. The van der Waals surface area contributed by atoms with Crippen LogP contribution in [0.1, 0.15) is 37.5 Å². The van der Waals surface area contributed by atoms with Crippen molar-refractivity contribution in [1.29, 1.82) is 0 Å². The lowest BCUT2D eigenvalue weighted by molar-refractivity contribution is 0.0815. The van der Waals surface area contributed by atoms with Crippen LogP contribution in [0.25, 0.3) is 33.3 Å². The summed E-state index contributed by atoms with van der Waals surface area (Å²) in [6, 6.07) is 13.9. The van der Waals surface area contributed by atoms with Crippen LogP contribution in [0.3, 0.4) is 0 Å². The fourth-order valence-corrected chi connectivity index (χ4v) is 6.64.